The van der Waals surface area contributed by atoms with Crippen LogP contribution in [0.15, 0.2) is 18.2 Å². The minimum atomic E-state index is -0.479. The van der Waals surface area contributed by atoms with E-state index in [2.05, 4.69) is 18.7 Å². The van der Waals surface area contributed by atoms with Gasteiger partial charge >= 0.3 is 0 Å². The van der Waals surface area contributed by atoms with Crippen LogP contribution in [0.4, 0.5) is 0 Å². The molecule has 0 amide bonds. The lowest BCUT2D eigenvalue weighted by atomic mass is 9.96. The fourth-order valence-corrected chi connectivity index (χ4v) is 3.26. The van der Waals surface area contributed by atoms with Crippen LogP contribution in [0.1, 0.15) is 44.8 Å². The molecule has 110 valence electrons. The molecule has 3 unspecified atom stereocenters. The van der Waals surface area contributed by atoms with Crippen molar-refractivity contribution in [3.63, 3.8) is 0 Å². The number of fused-ring (bicyclic) bond motifs is 1. The molecule has 0 radical (unpaired) electrons. The number of benzene rings is 1. The highest BCUT2D eigenvalue weighted by molar-refractivity contribution is 5.45. The fraction of sp³-hybridized carbons (Fsp3) is 0.625. The van der Waals surface area contributed by atoms with Crippen LogP contribution in [0.25, 0.3) is 0 Å². The first-order chi connectivity index (χ1) is 9.65. The molecule has 2 aliphatic heterocycles. The number of piperidine rings is 1. The van der Waals surface area contributed by atoms with Gasteiger partial charge < -0.3 is 14.6 Å². The Kier molecular flexibility index (Phi) is 3.85. The number of aliphatic hydroxyl groups is 1. The summed E-state index contributed by atoms with van der Waals surface area (Å²) in [6.07, 6.45) is 3.25. The minimum Gasteiger partial charge on any atom is -0.454 e. The molecule has 3 rings (SSSR count). The van der Waals surface area contributed by atoms with Crippen molar-refractivity contribution < 1.29 is 14.6 Å². The van der Waals surface area contributed by atoms with Crippen LogP contribution in [0.2, 0.25) is 0 Å². The zero-order chi connectivity index (χ0) is 14.1. The first-order valence-corrected chi connectivity index (χ1v) is 7.48. The number of nitrogens with zero attached hydrogens (tertiary/aromatic N) is 1. The van der Waals surface area contributed by atoms with E-state index >= 15 is 0 Å². The zero-order valence-corrected chi connectivity index (χ0v) is 12.2. The van der Waals surface area contributed by atoms with E-state index in [9.17, 15) is 5.11 Å². The van der Waals surface area contributed by atoms with Crippen LogP contribution in [-0.4, -0.2) is 35.4 Å². The lowest BCUT2D eigenvalue weighted by Crippen LogP contribution is -2.45. The highest BCUT2D eigenvalue weighted by atomic mass is 16.7. The van der Waals surface area contributed by atoms with Gasteiger partial charge in [-0.1, -0.05) is 12.5 Å². The first kappa shape index (κ1) is 13.7. The summed E-state index contributed by atoms with van der Waals surface area (Å²) in [5.41, 5.74) is 0.902. The summed E-state index contributed by atoms with van der Waals surface area (Å²) in [5.74, 6) is 1.50. The molecule has 0 bridgehead atoms. The van der Waals surface area contributed by atoms with E-state index in [-0.39, 0.29) is 6.79 Å². The molecule has 0 aromatic heterocycles. The molecule has 0 saturated carbocycles. The van der Waals surface area contributed by atoms with E-state index in [1.165, 1.54) is 19.3 Å². The van der Waals surface area contributed by atoms with Gasteiger partial charge in [-0.15, -0.1) is 0 Å². The molecule has 2 heterocycles. The van der Waals surface area contributed by atoms with Gasteiger partial charge in [-0.05, 0) is 44.4 Å². The van der Waals surface area contributed by atoms with E-state index in [0.29, 0.717) is 18.6 Å². The third-order valence-corrected chi connectivity index (χ3v) is 4.54. The lowest BCUT2D eigenvalue weighted by Gasteiger charge is -2.40. The number of β-amino-alcohol motifs (C(OH)–C–C–N with tert-alkyl or cyclic N) is 1. The van der Waals surface area contributed by atoms with Crippen molar-refractivity contribution in [2.45, 2.75) is 51.3 Å². The quantitative estimate of drug-likeness (QED) is 0.922. The predicted octanol–water partition coefficient (Wildman–Crippen LogP) is 2.71. The highest BCUT2D eigenvalue weighted by Gasteiger charge is 2.27. The summed E-state index contributed by atoms with van der Waals surface area (Å²) in [5, 5.41) is 10.5. The number of hydrogen-bond acceptors (Lipinski definition) is 4. The third kappa shape index (κ3) is 2.63. The average Bonchev–Trinajstić information content (AvgIpc) is 2.90. The molecule has 0 spiro atoms. The van der Waals surface area contributed by atoms with Crippen molar-refractivity contribution in [2.24, 2.45) is 0 Å². The van der Waals surface area contributed by atoms with Gasteiger partial charge in [0, 0.05) is 18.6 Å². The van der Waals surface area contributed by atoms with Crippen molar-refractivity contribution in [2.75, 3.05) is 13.3 Å². The molecule has 1 aromatic rings. The van der Waals surface area contributed by atoms with Crippen LogP contribution in [0, 0.1) is 0 Å². The summed E-state index contributed by atoms with van der Waals surface area (Å²) in [6.45, 7) is 5.46. The second kappa shape index (κ2) is 5.62. The van der Waals surface area contributed by atoms with Crippen LogP contribution in [-0.2, 0) is 0 Å². The maximum Gasteiger partial charge on any atom is 0.231 e. The predicted molar refractivity (Wildman–Crippen MR) is 77.0 cm³/mol. The summed E-state index contributed by atoms with van der Waals surface area (Å²) in [6, 6.07) is 6.79. The summed E-state index contributed by atoms with van der Waals surface area (Å²) < 4.78 is 10.7. The molecule has 1 saturated heterocycles. The monoisotopic (exact) mass is 277 g/mol. The van der Waals surface area contributed by atoms with Gasteiger partial charge in [-0.25, -0.2) is 0 Å². The van der Waals surface area contributed by atoms with Gasteiger partial charge in [0.2, 0.25) is 6.79 Å². The minimum absolute atomic E-state index is 0.273. The summed E-state index contributed by atoms with van der Waals surface area (Å²) in [7, 11) is 0. The number of aliphatic hydroxyl groups excluding tert-OH is 1. The SMILES string of the molecule is CC1CCCC(C)N1CC(O)c1ccc2c(c1)OCO2. The first-order valence-electron chi connectivity index (χ1n) is 7.48. The Morgan fingerprint density at radius 3 is 2.65 bits per heavy atom. The standard InChI is InChI=1S/C16H23NO3/c1-11-4-3-5-12(2)17(11)9-14(18)13-6-7-15-16(8-13)20-10-19-15/h6-8,11-12,14,18H,3-5,9-10H2,1-2H3. The molecular formula is C16H23NO3. The molecular weight excluding hydrogens is 254 g/mol. The second-order valence-electron chi connectivity index (χ2n) is 5.95. The maximum atomic E-state index is 10.5. The molecule has 4 heteroatoms. The van der Waals surface area contributed by atoms with E-state index in [0.717, 1.165) is 17.1 Å². The van der Waals surface area contributed by atoms with E-state index < -0.39 is 6.10 Å². The summed E-state index contributed by atoms with van der Waals surface area (Å²) >= 11 is 0. The molecule has 20 heavy (non-hydrogen) atoms. The normalized spacial score (nSPS) is 27.6. The largest absolute Gasteiger partial charge is 0.454 e. The van der Waals surface area contributed by atoms with Crippen LogP contribution >= 0.6 is 0 Å². The molecule has 0 aliphatic carbocycles. The number of ether oxygens (including phenoxy) is 2. The maximum absolute atomic E-state index is 10.5. The fourth-order valence-electron chi connectivity index (χ4n) is 3.26. The van der Waals surface area contributed by atoms with Crippen LogP contribution in [0.3, 0.4) is 0 Å². The van der Waals surface area contributed by atoms with Crippen molar-refractivity contribution >= 4 is 0 Å². The second-order valence-corrected chi connectivity index (χ2v) is 5.95. The molecule has 1 N–H and O–H groups in total. The van der Waals surface area contributed by atoms with E-state index in [1.54, 1.807) is 0 Å². The number of rotatable bonds is 3. The highest BCUT2D eigenvalue weighted by Crippen LogP contribution is 2.35. The third-order valence-electron chi connectivity index (χ3n) is 4.54. The van der Waals surface area contributed by atoms with Crippen molar-refractivity contribution in [3.8, 4) is 11.5 Å². The van der Waals surface area contributed by atoms with Gasteiger partial charge in [0.1, 0.15) is 0 Å². The Hall–Kier alpha value is -1.26. The molecule has 1 fully saturated rings. The average molecular weight is 277 g/mol. The van der Waals surface area contributed by atoms with E-state index in [4.69, 9.17) is 9.47 Å². The molecule has 4 nitrogen and oxygen atoms in total. The molecule has 2 aliphatic rings. The Balaban J connectivity index is 1.70. The number of hydrogen-bond donors (Lipinski definition) is 1. The van der Waals surface area contributed by atoms with E-state index in [1.807, 2.05) is 18.2 Å². The lowest BCUT2D eigenvalue weighted by molar-refractivity contribution is 0.0411. The topological polar surface area (TPSA) is 41.9 Å². The molecule has 1 aromatic carbocycles. The zero-order valence-electron chi connectivity index (χ0n) is 12.2. The molecule has 3 atom stereocenters. The van der Waals surface area contributed by atoms with Gasteiger partial charge in [0.25, 0.3) is 0 Å². The Labute approximate surface area is 120 Å². The van der Waals surface area contributed by atoms with Crippen LogP contribution < -0.4 is 9.47 Å². The Bertz CT molecular complexity index is 467. The number of likely N-dealkylation sites (tertiary alicyclic amines) is 1. The van der Waals surface area contributed by atoms with Gasteiger partial charge in [0.15, 0.2) is 11.5 Å². The van der Waals surface area contributed by atoms with Crippen molar-refractivity contribution in [3.05, 3.63) is 23.8 Å². The van der Waals surface area contributed by atoms with Gasteiger partial charge in [-0.3, -0.25) is 4.90 Å². The Morgan fingerprint density at radius 2 is 1.90 bits per heavy atom. The van der Waals surface area contributed by atoms with Gasteiger partial charge in [-0.2, -0.15) is 0 Å². The Morgan fingerprint density at radius 1 is 1.20 bits per heavy atom. The van der Waals surface area contributed by atoms with Crippen molar-refractivity contribution in [1.82, 2.24) is 4.90 Å². The summed E-state index contributed by atoms with van der Waals surface area (Å²) in [4.78, 5) is 2.42. The van der Waals surface area contributed by atoms with Crippen LogP contribution in [0.5, 0.6) is 11.5 Å². The smallest absolute Gasteiger partial charge is 0.231 e. The van der Waals surface area contributed by atoms with Gasteiger partial charge in [0.05, 0.1) is 6.10 Å². The van der Waals surface area contributed by atoms with Crippen molar-refractivity contribution in [1.29, 1.82) is 0 Å².